The third-order valence-electron chi connectivity index (χ3n) is 2.84. The van der Waals surface area contributed by atoms with Gasteiger partial charge < -0.3 is 4.90 Å². The van der Waals surface area contributed by atoms with Gasteiger partial charge in [-0.05, 0) is 35.7 Å². The molecule has 0 N–H and O–H groups in total. The quantitative estimate of drug-likeness (QED) is 0.784. The first-order chi connectivity index (χ1) is 8.24. The van der Waals surface area contributed by atoms with Crippen molar-refractivity contribution in [2.24, 2.45) is 0 Å². The van der Waals surface area contributed by atoms with E-state index in [-0.39, 0.29) is 0 Å². The molecule has 1 aromatic heterocycles. The Kier molecular flexibility index (Phi) is 3.95. The van der Waals surface area contributed by atoms with Crippen molar-refractivity contribution >= 4 is 21.7 Å². The van der Waals surface area contributed by atoms with Crippen LogP contribution in [0.25, 0.3) is 0 Å². The minimum atomic E-state index is 0.522. The number of anilines is 1. The molecule has 90 valence electrons. The van der Waals surface area contributed by atoms with Gasteiger partial charge >= 0.3 is 0 Å². The highest BCUT2D eigenvalue weighted by Gasteiger charge is 2.27. The fraction of sp³-hybridized carbons (Fsp3) is 0.583. The van der Waals surface area contributed by atoms with E-state index in [4.69, 9.17) is 5.26 Å². The van der Waals surface area contributed by atoms with Crippen LogP contribution in [0.2, 0.25) is 0 Å². The second-order valence-electron chi connectivity index (χ2n) is 4.17. The molecule has 5 heteroatoms. The predicted octanol–water partition coefficient (Wildman–Crippen LogP) is 2.86. The largest absolute Gasteiger partial charge is 0.356 e. The number of rotatable bonds is 5. The van der Waals surface area contributed by atoms with Crippen molar-refractivity contribution in [2.75, 3.05) is 18.0 Å². The molecule has 0 atom stereocenters. The molecule has 0 amide bonds. The zero-order valence-corrected chi connectivity index (χ0v) is 11.4. The summed E-state index contributed by atoms with van der Waals surface area (Å²) < 4.78 is 0.833. The maximum Gasteiger partial charge on any atom is 0.135 e. The van der Waals surface area contributed by atoms with Gasteiger partial charge in [-0.15, -0.1) is 0 Å². The van der Waals surface area contributed by atoms with Crippen molar-refractivity contribution in [1.82, 2.24) is 9.97 Å². The molecule has 0 bridgehead atoms. The molecule has 17 heavy (non-hydrogen) atoms. The summed E-state index contributed by atoms with van der Waals surface area (Å²) in [7, 11) is 0. The summed E-state index contributed by atoms with van der Waals surface area (Å²) in [6, 6.07) is 4.09. The van der Waals surface area contributed by atoms with Gasteiger partial charge in [0.2, 0.25) is 0 Å². The Balaban J connectivity index is 2.20. The Labute approximate surface area is 110 Å². The average Bonchev–Trinajstić information content (AvgIpc) is 3.13. The minimum Gasteiger partial charge on any atom is -0.356 e. The van der Waals surface area contributed by atoms with E-state index < -0.39 is 0 Å². The van der Waals surface area contributed by atoms with Crippen molar-refractivity contribution in [1.29, 1.82) is 5.26 Å². The number of hydrogen-bond acceptors (Lipinski definition) is 4. The normalized spacial score (nSPS) is 14.4. The van der Waals surface area contributed by atoms with Crippen LogP contribution in [0, 0.1) is 11.3 Å². The van der Waals surface area contributed by atoms with E-state index in [2.05, 4.69) is 43.8 Å². The highest BCUT2D eigenvalue weighted by atomic mass is 79.9. The Morgan fingerprint density at radius 2 is 2.29 bits per heavy atom. The van der Waals surface area contributed by atoms with Crippen LogP contribution in [-0.4, -0.2) is 23.1 Å². The van der Waals surface area contributed by atoms with Crippen molar-refractivity contribution in [2.45, 2.75) is 32.1 Å². The summed E-state index contributed by atoms with van der Waals surface area (Å²) in [6.07, 6.45) is 2.91. The molecule has 1 fully saturated rings. The van der Waals surface area contributed by atoms with Gasteiger partial charge in [0.25, 0.3) is 0 Å². The Bertz CT molecular complexity index is 437. The van der Waals surface area contributed by atoms with Crippen molar-refractivity contribution in [3.05, 3.63) is 16.5 Å². The number of nitrogens with zero attached hydrogens (tertiary/aromatic N) is 4. The third-order valence-corrected chi connectivity index (χ3v) is 3.25. The second-order valence-corrected chi connectivity index (χ2v) is 4.98. The topological polar surface area (TPSA) is 52.8 Å². The van der Waals surface area contributed by atoms with Crippen LogP contribution in [0.3, 0.4) is 0 Å². The molecule has 1 aliphatic carbocycles. The first kappa shape index (κ1) is 12.3. The van der Waals surface area contributed by atoms with E-state index in [1.54, 1.807) is 0 Å². The lowest BCUT2D eigenvalue weighted by Crippen LogP contribution is -2.25. The number of hydrogen-bond donors (Lipinski definition) is 0. The zero-order chi connectivity index (χ0) is 12.3. The van der Waals surface area contributed by atoms with Crippen molar-refractivity contribution in [3.8, 4) is 6.07 Å². The van der Waals surface area contributed by atoms with Crippen LogP contribution in [0.15, 0.2) is 10.7 Å². The van der Waals surface area contributed by atoms with E-state index in [1.165, 1.54) is 12.8 Å². The first-order valence-electron chi connectivity index (χ1n) is 5.91. The second kappa shape index (κ2) is 5.46. The van der Waals surface area contributed by atoms with Gasteiger partial charge in [0.15, 0.2) is 0 Å². The molecule has 0 saturated heterocycles. The summed E-state index contributed by atoms with van der Waals surface area (Å²) in [5, 5.41) is 8.65. The molecule has 1 aliphatic rings. The molecule has 0 radical (unpaired) electrons. The van der Waals surface area contributed by atoms with Gasteiger partial charge in [0.05, 0.1) is 12.5 Å². The minimum absolute atomic E-state index is 0.522. The lowest BCUT2D eigenvalue weighted by atomic mass is 10.3. The van der Waals surface area contributed by atoms with E-state index in [9.17, 15) is 0 Å². The molecule has 4 nitrogen and oxygen atoms in total. The Morgan fingerprint density at radius 3 is 2.88 bits per heavy atom. The van der Waals surface area contributed by atoms with Gasteiger partial charge in [-0.25, -0.2) is 9.97 Å². The SMILES string of the molecule is CCN(CCC#N)c1cc(Br)nc(C2CC2)n1. The Morgan fingerprint density at radius 1 is 1.53 bits per heavy atom. The van der Waals surface area contributed by atoms with Crippen LogP contribution in [-0.2, 0) is 0 Å². The molecule has 2 rings (SSSR count). The van der Waals surface area contributed by atoms with E-state index >= 15 is 0 Å². The standard InChI is InChI=1S/C12H15BrN4/c1-2-17(7-3-6-14)11-8-10(13)15-12(16-11)9-4-5-9/h8-9H,2-5,7H2,1H3. The highest BCUT2D eigenvalue weighted by molar-refractivity contribution is 9.10. The summed E-state index contributed by atoms with van der Waals surface area (Å²) in [4.78, 5) is 11.1. The van der Waals surface area contributed by atoms with Gasteiger partial charge in [0.1, 0.15) is 16.2 Å². The van der Waals surface area contributed by atoms with Gasteiger partial charge in [-0.1, -0.05) is 0 Å². The van der Waals surface area contributed by atoms with E-state index in [1.807, 2.05) is 6.07 Å². The zero-order valence-electron chi connectivity index (χ0n) is 9.86. The van der Waals surface area contributed by atoms with Gasteiger partial charge in [-0.3, -0.25) is 0 Å². The fourth-order valence-electron chi connectivity index (χ4n) is 1.73. The molecule has 1 saturated carbocycles. The monoisotopic (exact) mass is 294 g/mol. The third kappa shape index (κ3) is 3.16. The summed E-state index contributed by atoms with van der Waals surface area (Å²) >= 11 is 3.43. The van der Waals surface area contributed by atoms with Gasteiger partial charge in [-0.2, -0.15) is 5.26 Å². The molecule has 0 spiro atoms. The van der Waals surface area contributed by atoms with Crippen LogP contribution < -0.4 is 4.90 Å². The smallest absolute Gasteiger partial charge is 0.135 e. The summed E-state index contributed by atoms with van der Waals surface area (Å²) in [5.74, 6) is 2.40. The van der Waals surface area contributed by atoms with Crippen LogP contribution >= 0.6 is 15.9 Å². The molecular weight excluding hydrogens is 280 g/mol. The van der Waals surface area contributed by atoms with Gasteiger partial charge in [0, 0.05) is 25.1 Å². The van der Waals surface area contributed by atoms with Crippen molar-refractivity contribution < 1.29 is 0 Å². The fourth-order valence-corrected chi connectivity index (χ4v) is 2.12. The van der Waals surface area contributed by atoms with E-state index in [0.717, 1.165) is 29.3 Å². The summed E-state index contributed by atoms with van der Waals surface area (Å²) in [6.45, 7) is 3.65. The predicted molar refractivity (Wildman–Crippen MR) is 69.8 cm³/mol. The molecule has 1 heterocycles. The number of halogens is 1. The number of aromatic nitrogens is 2. The Hall–Kier alpha value is -1.15. The lowest BCUT2D eigenvalue weighted by molar-refractivity contribution is 0.791. The maximum atomic E-state index is 8.65. The first-order valence-corrected chi connectivity index (χ1v) is 6.70. The molecular formula is C12H15BrN4. The van der Waals surface area contributed by atoms with Crippen LogP contribution in [0.1, 0.15) is 37.9 Å². The maximum absolute atomic E-state index is 8.65. The van der Waals surface area contributed by atoms with Crippen molar-refractivity contribution in [3.63, 3.8) is 0 Å². The summed E-state index contributed by atoms with van der Waals surface area (Å²) in [5.41, 5.74) is 0. The van der Waals surface area contributed by atoms with Crippen LogP contribution in [0.5, 0.6) is 0 Å². The lowest BCUT2D eigenvalue weighted by Gasteiger charge is -2.21. The molecule has 0 unspecified atom stereocenters. The van der Waals surface area contributed by atoms with E-state index in [0.29, 0.717) is 12.3 Å². The number of nitriles is 1. The molecule has 1 aromatic rings. The highest BCUT2D eigenvalue weighted by Crippen LogP contribution is 2.39. The van der Waals surface area contributed by atoms with Crippen LogP contribution in [0.4, 0.5) is 5.82 Å². The average molecular weight is 295 g/mol. The molecule has 0 aromatic carbocycles. The molecule has 0 aliphatic heterocycles.